The number of nitrogen functional groups attached to an aromatic ring is 1. The topological polar surface area (TPSA) is 57.2 Å². The molecule has 0 amide bonds. The Morgan fingerprint density at radius 3 is 2.56 bits per heavy atom. The fourth-order valence-corrected chi connectivity index (χ4v) is 1.94. The first-order valence-electron chi connectivity index (χ1n) is 4.58. The molecule has 0 fully saturated rings. The Labute approximate surface area is 108 Å². The van der Waals surface area contributed by atoms with Gasteiger partial charge in [-0.25, -0.2) is 4.98 Å². The standard InChI is InChI=1S/C11H10N2OS.BrH/c12-9-3-1-8(2-4-9)10(14)7-11-13-5-6-15-11;/h1-6H,7,12H2;1H. The second-order valence-corrected chi connectivity index (χ2v) is 4.21. The van der Waals surface area contributed by atoms with Crippen LogP contribution >= 0.6 is 11.3 Å². The van der Waals surface area contributed by atoms with E-state index in [9.17, 15) is 4.79 Å². The van der Waals surface area contributed by atoms with Gasteiger partial charge in [0.15, 0.2) is 12.0 Å². The lowest BCUT2D eigenvalue weighted by atomic mass is 10.1. The van der Waals surface area contributed by atoms with Gasteiger partial charge in [0.1, 0.15) is 6.42 Å². The highest BCUT2D eigenvalue weighted by atomic mass is 79.9. The first-order chi connectivity index (χ1) is 7.25. The number of anilines is 1. The summed E-state index contributed by atoms with van der Waals surface area (Å²) >= 11 is 1.55. The zero-order valence-corrected chi connectivity index (χ0v) is 10.8. The second-order valence-electron chi connectivity index (χ2n) is 3.21. The molecule has 1 aromatic carbocycles. The monoisotopic (exact) mass is 298 g/mol. The molecule has 0 aliphatic carbocycles. The van der Waals surface area contributed by atoms with E-state index < -0.39 is 0 Å². The Hall–Kier alpha value is -1.20. The van der Waals surface area contributed by atoms with Crippen molar-refractivity contribution in [2.45, 2.75) is 6.42 Å². The van der Waals surface area contributed by atoms with Crippen molar-refractivity contribution in [2.24, 2.45) is 0 Å². The van der Waals surface area contributed by atoms with Crippen molar-refractivity contribution in [1.29, 1.82) is 0 Å². The van der Waals surface area contributed by atoms with E-state index in [1.165, 1.54) is 0 Å². The van der Waals surface area contributed by atoms with Gasteiger partial charge in [-0.1, -0.05) is 11.3 Å². The van der Waals surface area contributed by atoms with Crippen molar-refractivity contribution in [3.8, 4) is 0 Å². The second kappa shape index (κ2) is 5.77. The minimum Gasteiger partial charge on any atom is -1.00 e. The summed E-state index contributed by atoms with van der Waals surface area (Å²) in [6.07, 6.45) is 2.25. The van der Waals surface area contributed by atoms with Crippen molar-refractivity contribution < 1.29 is 26.8 Å². The molecule has 0 saturated heterocycles. The number of rotatable bonds is 3. The molecule has 0 aliphatic heterocycles. The maximum atomic E-state index is 11.8. The summed E-state index contributed by atoms with van der Waals surface area (Å²) in [5.41, 5.74) is 6.92. The summed E-state index contributed by atoms with van der Waals surface area (Å²) in [5.74, 6) is 0.105. The van der Waals surface area contributed by atoms with Crippen LogP contribution in [-0.2, 0) is 6.42 Å². The third-order valence-electron chi connectivity index (χ3n) is 2.08. The molecule has 0 unspecified atom stereocenters. The van der Waals surface area contributed by atoms with E-state index in [1.807, 2.05) is 11.6 Å². The van der Waals surface area contributed by atoms with Crippen molar-refractivity contribution in [3.63, 3.8) is 0 Å². The van der Waals surface area contributed by atoms with Crippen LogP contribution in [0.1, 0.15) is 15.4 Å². The molecule has 0 radical (unpaired) electrons. The van der Waals surface area contributed by atoms with Crippen LogP contribution in [0.4, 0.5) is 5.69 Å². The number of aromatic amines is 1. The van der Waals surface area contributed by atoms with E-state index in [-0.39, 0.29) is 22.8 Å². The maximum absolute atomic E-state index is 11.8. The fraction of sp³-hybridized carbons (Fsp3) is 0.0909. The minimum absolute atomic E-state index is 0. The van der Waals surface area contributed by atoms with E-state index >= 15 is 0 Å². The molecule has 84 valence electrons. The number of H-pyrrole nitrogens is 1. The van der Waals surface area contributed by atoms with Gasteiger partial charge in [-0.3, -0.25) is 4.79 Å². The normalized spacial score (nSPS) is 9.50. The van der Waals surface area contributed by atoms with Crippen LogP contribution in [0.2, 0.25) is 0 Å². The average molecular weight is 299 g/mol. The number of benzene rings is 1. The molecule has 0 saturated carbocycles. The van der Waals surface area contributed by atoms with Crippen LogP contribution < -0.4 is 27.7 Å². The molecule has 0 aliphatic rings. The Balaban J connectivity index is 0.00000128. The number of halogens is 1. The molecule has 1 aromatic heterocycles. The smallest absolute Gasteiger partial charge is 0.243 e. The predicted molar refractivity (Wildman–Crippen MR) is 59.8 cm³/mol. The lowest BCUT2D eigenvalue weighted by molar-refractivity contribution is -0.381. The maximum Gasteiger partial charge on any atom is 0.243 e. The van der Waals surface area contributed by atoms with Crippen molar-refractivity contribution >= 4 is 22.8 Å². The van der Waals surface area contributed by atoms with E-state index in [2.05, 4.69) is 4.98 Å². The first kappa shape index (κ1) is 12.9. The van der Waals surface area contributed by atoms with E-state index in [1.54, 1.807) is 35.6 Å². The van der Waals surface area contributed by atoms with Gasteiger partial charge in [0.2, 0.25) is 5.01 Å². The highest BCUT2D eigenvalue weighted by Crippen LogP contribution is 2.09. The summed E-state index contributed by atoms with van der Waals surface area (Å²) in [7, 11) is 0. The third-order valence-corrected chi connectivity index (χ3v) is 2.90. The summed E-state index contributed by atoms with van der Waals surface area (Å²) in [4.78, 5) is 14.8. The Bertz CT molecular complexity index is 453. The highest BCUT2D eigenvalue weighted by molar-refractivity contribution is 7.09. The molecular weight excluding hydrogens is 288 g/mol. The van der Waals surface area contributed by atoms with Crippen molar-refractivity contribution in [2.75, 3.05) is 5.73 Å². The number of hydrogen-bond donors (Lipinski definition) is 1. The van der Waals surface area contributed by atoms with Crippen molar-refractivity contribution in [1.82, 2.24) is 0 Å². The van der Waals surface area contributed by atoms with Gasteiger partial charge in [-0.15, -0.1) is 0 Å². The molecule has 0 atom stereocenters. The quantitative estimate of drug-likeness (QED) is 0.558. The molecule has 3 N–H and O–H groups in total. The van der Waals surface area contributed by atoms with E-state index in [0.29, 0.717) is 17.7 Å². The van der Waals surface area contributed by atoms with Crippen LogP contribution in [0.25, 0.3) is 0 Å². The summed E-state index contributed by atoms with van der Waals surface area (Å²) in [6.45, 7) is 0. The predicted octanol–water partition coefficient (Wildman–Crippen LogP) is -1.43. The highest BCUT2D eigenvalue weighted by Gasteiger charge is 2.11. The van der Waals surface area contributed by atoms with Crippen LogP contribution in [0.5, 0.6) is 0 Å². The summed E-state index contributed by atoms with van der Waals surface area (Å²) < 4.78 is 0. The van der Waals surface area contributed by atoms with Gasteiger partial charge in [-0.05, 0) is 24.3 Å². The van der Waals surface area contributed by atoms with Crippen LogP contribution in [-0.4, -0.2) is 5.78 Å². The van der Waals surface area contributed by atoms with Gasteiger partial charge in [0.25, 0.3) is 0 Å². The number of thiazole rings is 1. The first-order valence-corrected chi connectivity index (χ1v) is 5.46. The summed E-state index contributed by atoms with van der Waals surface area (Å²) in [6, 6.07) is 6.99. The number of carbonyl (C=O) groups is 1. The molecule has 1 heterocycles. The number of ketones is 1. The van der Waals surface area contributed by atoms with Crippen LogP contribution in [0.15, 0.2) is 35.8 Å². The van der Waals surface area contributed by atoms with Gasteiger partial charge in [-0.2, -0.15) is 0 Å². The largest absolute Gasteiger partial charge is 1.00 e. The Kier molecular flexibility index (Phi) is 4.64. The molecule has 2 aromatic rings. The average Bonchev–Trinajstić information content (AvgIpc) is 2.71. The molecule has 3 nitrogen and oxygen atoms in total. The Morgan fingerprint density at radius 1 is 1.31 bits per heavy atom. The molecule has 16 heavy (non-hydrogen) atoms. The lowest BCUT2D eigenvalue weighted by Crippen LogP contribution is -3.00. The zero-order chi connectivity index (χ0) is 10.7. The third kappa shape index (κ3) is 3.15. The van der Waals surface area contributed by atoms with Crippen LogP contribution in [0.3, 0.4) is 0 Å². The zero-order valence-electron chi connectivity index (χ0n) is 8.44. The SMILES string of the molecule is Nc1ccc(C(=O)Cc2[nH+]ccs2)cc1.[Br-]. The van der Waals surface area contributed by atoms with E-state index in [4.69, 9.17) is 5.73 Å². The van der Waals surface area contributed by atoms with E-state index in [0.717, 1.165) is 5.01 Å². The number of carbonyl (C=O) groups excluding carboxylic acids is 1. The number of hydrogen-bond acceptors (Lipinski definition) is 3. The number of nitrogens with two attached hydrogens (primary N) is 1. The molecule has 2 rings (SSSR count). The molecule has 0 spiro atoms. The number of nitrogens with one attached hydrogen (secondary N) is 1. The van der Waals surface area contributed by atoms with Crippen molar-refractivity contribution in [3.05, 3.63) is 46.4 Å². The van der Waals surface area contributed by atoms with Gasteiger partial charge in [0.05, 0.1) is 5.38 Å². The van der Waals surface area contributed by atoms with Gasteiger partial charge < -0.3 is 22.7 Å². The Morgan fingerprint density at radius 2 is 2.00 bits per heavy atom. The van der Waals surface area contributed by atoms with Gasteiger partial charge >= 0.3 is 0 Å². The van der Waals surface area contributed by atoms with Crippen LogP contribution in [0, 0.1) is 0 Å². The minimum atomic E-state index is 0. The molecule has 0 bridgehead atoms. The lowest BCUT2D eigenvalue weighted by Gasteiger charge is -1.97. The fourth-order valence-electron chi connectivity index (χ4n) is 1.29. The van der Waals surface area contributed by atoms with Gasteiger partial charge in [0, 0.05) is 11.3 Å². The number of aromatic nitrogens is 1. The summed E-state index contributed by atoms with van der Waals surface area (Å²) in [5, 5.41) is 2.89. The number of Topliss-reactive ketones (excluding diaryl/α,β-unsaturated/α-hetero) is 1. The molecule has 5 heteroatoms. The molecular formula is C11H11BrN2OS.